The average Bonchev–Trinajstić information content (AvgIpc) is 2.90. The van der Waals surface area contributed by atoms with Gasteiger partial charge in [0.05, 0.1) is 18.7 Å². The third kappa shape index (κ3) is 4.09. The molecule has 1 heterocycles. The van der Waals surface area contributed by atoms with E-state index in [9.17, 15) is 4.79 Å². The zero-order chi connectivity index (χ0) is 17.0. The summed E-state index contributed by atoms with van der Waals surface area (Å²) in [7, 11) is 0. The number of hydrogen-bond acceptors (Lipinski definition) is 2. The van der Waals surface area contributed by atoms with Crippen molar-refractivity contribution in [1.82, 2.24) is 4.98 Å². The minimum Gasteiger partial charge on any atom is -0.462 e. The summed E-state index contributed by atoms with van der Waals surface area (Å²) in [6.07, 6.45) is 4.72. The summed E-state index contributed by atoms with van der Waals surface area (Å²) < 4.78 is 7.31. The Morgan fingerprint density at radius 3 is 2.52 bits per heavy atom. The minimum absolute atomic E-state index is 0.325. The maximum atomic E-state index is 11.4. The molecule has 23 heavy (non-hydrogen) atoms. The number of rotatable bonds is 6. The molecular formula is C19H25N2O2+. The standard InChI is InChI=1S/C19H24N2O2/c1-13(2)19(22)23-10-6-8-21-9-7-20-18(21)17-15(4)11-14(3)12-16(17)5/h7,9,11-12H,1,6,8,10H2,2-5H3/p+1. The SMILES string of the molecule is C=C(C)C(=O)OCCC[n+]1cc[nH]c1-c1c(C)cc(C)cc1C. The van der Waals surface area contributed by atoms with Crippen LogP contribution >= 0.6 is 0 Å². The van der Waals surface area contributed by atoms with Gasteiger partial charge in [0.2, 0.25) is 0 Å². The first-order valence-corrected chi connectivity index (χ1v) is 7.88. The topological polar surface area (TPSA) is 46.0 Å². The fourth-order valence-corrected chi connectivity index (χ4v) is 2.84. The van der Waals surface area contributed by atoms with Gasteiger partial charge in [-0.3, -0.25) is 0 Å². The molecule has 1 aromatic carbocycles. The summed E-state index contributed by atoms with van der Waals surface area (Å²) in [4.78, 5) is 14.7. The van der Waals surface area contributed by atoms with Crippen molar-refractivity contribution in [2.45, 2.75) is 40.7 Å². The highest BCUT2D eigenvalue weighted by molar-refractivity contribution is 5.86. The predicted molar refractivity (Wildman–Crippen MR) is 91.0 cm³/mol. The summed E-state index contributed by atoms with van der Waals surface area (Å²) >= 11 is 0. The lowest BCUT2D eigenvalue weighted by Gasteiger charge is -2.09. The lowest BCUT2D eigenvalue weighted by atomic mass is 9.99. The van der Waals surface area contributed by atoms with E-state index in [-0.39, 0.29) is 5.97 Å². The molecule has 0 saturated heterocycles. The van der Waals surface area contributed by atoms with E-state index in [0.717, 1.165) is 18.8 Å². The molecule has 0 fully saturated rings. The van der Waals surface area contributed by atoms with Crippen LogP contribution in [-0.2, 0) is 16.1 Å². The summed E-state index contributed by atoms with van der Waals surface area (Å²) in [5.41, 5.74) is 5.46. The quantitative estimate of drug-likeness (QED) is 0.384. The van der Waals surface area contributed by atoms with E-state index >= 15 is 0 Å². The molecule has 0 saturated carbocycles. The molecule has 1 aromatic heterocycles. The third-order valence-electron chi connectivity index (χ3n) is 3.80. The first-order valence-electron chi connectivity index (χ1n) is 7.88. The number of benzene rings is 1. The fourth-order valence-electron chi connectivity index (χ4n) is 2.84. The summed E-state index contributed by atoms with van der Waals surface area (Å²) in [5, 5.41) is 0. The van der Waals surface area contributed by atoms with E-state index in [1.165, 1.54) is 22.3 Å². The van der Waals surface area contributed by atoms with Crippen molar-refractivity contribution in [3.05, 3.63) is 53.4 Å². The van der Waals surface area contributed by atoms with E-state index < -0.39 is 0 Å². The number of esters is 1. The lowest BCUT2D eigenvalue weighted by molar-refractivity contribution is -0.685. The van der Waals surface area contributed by atoms with E-state index in [1.54, 1.807) is 6.92 Å². The number of imidazole rings is 1. The second kappa shape index (κ2) is 7.27. The number of aryl methyl sites for hydroxylation is 4. The van der Waals surface area contributed by atoms with Crippen LogP contribution in [0.2, 0.25) is 0 Å². The number of hydrogen-bond donors (Lipinski definition) is 1. The fraction of sp³-hybridized carbons (Fsp3) is 0.368. The van der Waals surface area contributed by atoms with Gasteiger partial charge in [0.25, 0.3) is 5.82 Å². The molecule has 0 aliphatic heterocycles. The molecule has 0 spiro atoms. The molecule has 1 N–H and O–H groups in total. The maximum absolute atomic E-state index is 11.4. The van der Waals surface area contributed by atoms with E-state index in [4.69, 9.17) is 4.74 Å². The highest BCUT2D eigenvalue weighted by Gasteiger charge is 2.18. The largest absolute Gasteiger partial charge is 0.462 e. The molecule has 0 aliphatic carbocycles. The number of aromatic nitrogens is 2. The van der Waals surface area contributed by atoms with Crippen LogP contribution in [0.15, 0.2) is 36.7 Å². The Morgan fingerprint density at radius 1 is 1.26 bits per heavy atom. The lowest BCUT2D eigenvalue weighted by Crippen LogP contribution is -2.35. The van der Waals surface area contributed by atoms with Crippen molar-refractivity contribution in [3.63, 3.8) is 0 Å². The predicted octanol–water partition coefficient (Wildman–Crippen LogP) is 3.40. The Balaban J connectivity index is 2.09. The van der Waals surface area contributed by atoms with Crippen molar-refractivity contribution in [2.24, 2.45) is 0 Å². The van der Waals surface area contributed by atoms with Gasteiger partial charge in [-0.25, -0.2) is 14.3 Å². The number of nitrogens with one attached hydrogen (secondary N) is 1. The van der Waals surface area contributed by atoms with Crippen LogP contribution in [0, 0.1) is 20.8 Å². The number of ether oxygens (including phenoxy) is 1. The molecule has 0 amide bonds. The van der Waals surface area contributed by atoms with Crippen molar-refractivity contribution in [3.8, 4) is 11.4 Å². The minimum atomic E-state index is -0.325. The van der Waals surface area contributed by atoms with Gasteiger partial charge in [0, 0.05) is 12.0 Å². The van der Waals surface area contributed by atoms with Crippen LogP contribution in [0.1, 0.15) is 30.0 Å². The monoisotopic (exact) mass is 313 g/mol. The van der Waals surface area contributed by atoms with Gasteiger partial charge < -0.3 is 4.74 Å². The van der Waals surface area contributed by atoms with E-state index in [0.29, 0.717) is 12.2 Å². The maximum Gasteiger partial charge on any atom is 0.333 e. The number of carbonyl (C=O) groups is 1. The molecule has 4 heteroatoms. The van der Waals surface area contributed by atoms with Gasteiger partial charge in [-0.1, -0.05) is 24.3 Å². The van der Waals surface area contributed by atoms with Crippen LogP contribution in [0.5, 0.6) is 0 Å². The molecule has 4 nitrogen and oxygen atoms in total. The number of nitrogens with zero attached hydrogens (tertiary/aromatic N) is 1. The van der Waals surface area contributed by atoms with Gasteiger partial charge >= 0.3 is 5.97 Å². The van der Waals surface area contributed by atoms with Crippen LogP contribution in [0.4, 0.5) is 0 Å². The smallest absolute Gasteiger partial charge is 0.333 e. The molecule has 2 aromatic rings. The molecule has 0 atom stereocenters. The first kappa shape index (κ1) is 17.0. The molecule has 2 rings (SSSR count). The highest BCUT2D eigenvalue weighted by atomic mass is 16.5. The van der Waals surface area contributed by atoms with E-state index in [2.05, 4.69) is 49.0 Å². The van der Waals surface area contributed by atoms with E-state index in [1.807, 2.05) is 12.4 Å². The highest BCUT2D eigenvalue weighted by Crippen LogP contribution is 2.24. The number of aromatic amines is 1. The average molecular weight is 313 g/mol. The Hall–Kier alpha value is -2.36. The Kier molecular flexibility index (Phi) is 5.37. The first-order chi connectivity index (χ1) is 10.9. The molecule has 0 unspecified atom stereocenters. The molecule has 122 valence electrons. The van der Waals surface area contributed by atoms with Crippen molar-refractivity contribution >= 4 is 5.97 Å². The summed E-state index contributed by atoms with van der Waals surface area (Å²) in [6, 6.07) is 4.39. The number of H-pyrrole nitrogens is 1. The van der Waals surface area contributed by atoms with Crippen LogP contribution in [-0.4, -0.2) is 17.6 Å². The van der Waals surface area contributed by atoms with Crippen molar-refractivity contribution in [2.75, 3.05) is 6.61 Å². The summed E-state index contributed by atoms with van der Waals surface area (Å²) in [6.45, 7) is 12.8. The normalized spacial score (nSPS) is 10.6. The zero-order valence-electron chi connectivity index (χ0n) is 14.4. The number of carbonyl (C=O) groups excluding carboxylic acids is 1. The molecular weight excluding hydrogens is 288 g/mol. The molecule has 0 radical (unpaired) electrons. The summed E-state index contributed by atoms with van der Waals surface area (Å²) in [5.74, 6) is 0.765. The Morgan fingerprint density at radius 2 is 1.91 bits per heavy atom. The van der Waals surface area contributed by atoms with Crippen molar-refractivity contribution in [1.29, 1.82) is 0 Å². The Labute approximate surface area is 137 Å². The van der Waals surface area contributed by atoms with Gasteiger partial charge in [-0.15, -0.1) is 0 Å². The van der Waals surface area contributed by atoms with Gasteiger partial charge in [0.1, 0.15) is 12.4 Å². The Bertz CT molecular complexity index is 706. The molecule has 0 bridgehead atoms. The van der Waals surface area contributed by atoms with Crippen LogP contribution in [0.3, 0.4) is 0 Å². The van der Waals surface area contributed by atoms with Crippen LogP contribution < -0.4 is 4.57 Å². The second-order valence-corrected chi connectivity index (χ2v) is 6.05. The van der Waals surface area contributed by atoms with Crippen LogP contribution in [0.25, 0.3) is 11.4 Å². The second-order valence-electron chi connectivity index (χ2n) is 6.05. The van der Waals surface area contributed by atoms with Gasteiger partial charge in [0.15, 0.2) is 0 Å². The van der Waals surface area contributed by atoms with Gasteiger partial charge in [-0.05, 0) is 38.8 Å². The third-order valence-corrected chi connectivity index (χ3v) is 3.80. The van der Waals surface area contributed by atoms with Gasteiger partial charge in [-0.2, -0.15) is 0 Å². The van der Waals surface area contributed by atoms with Crippen molar-refractivity contribution < 1.29 is 14.1 Å². The molecule has 0 aliphatic rings. The zero-order valence-corrected chi connectivity index (χ0v) is 14.4.